The molecule has 2 aromatic heterocycles. The number of carbonyl (C=O) groups excluding carboxylic acids is 1. The van der Waals surface area contributed by atoms with Crippen molar-refractivity contribution < 1.29 is 9.21 Å². The quantitative estimate of drug-likeness (QED) is 0.917. The van der Waals surface area contributed by atoms with Gasteiger partial charge >= 0.3 is 0 Å². The Balaban J connectivity index is 2.07. The van der Waals surface area contributed by atoms with Crippen molar-refractivity contribution in [2.75, 3.05) is 0 Å². The lowest BCUT2D eigenvalue weighted by Crippen LogP contribution is -2.34. The molecule has 0 bridgehead atoms. The molecular formula is C14H15N3O2S. The van der Waals surface area contributed by atoms with Gasteiger partial charge in [0.2, 0.25) is 11.8 Å². The van der Waals surface area contributed by atoms with E-state index in [1.807, 2.05) is 30.5 Å². The molecule has 0 saturated carbocycles. The van der Waals surface area contributed by atoms with Crippen LogP contribution in [0.2, 0.25) is 0 Å². The van der Waals surface area contributed by atoms with Gasteiger partial charge in [0.15, 0.2) is 0 Å². The third kappa shape index (κ3) is 3.25. The van der Waals surface area contributed by atoms with E-state index in [1.165, 1.54) is 11.3 Å². The van der Waals surface area contributed by atoms with Crippen LogP contribution in [0.3, 0.4) is 0 Å². The molecule has 104 valence electrons. The molecule has 6 heteroatoms. The van der Waals surface area contributed by atoms with Crippen LogP contribution in [0.5, 0.6) is 0 Å². The Morgan fingerprint density at radius 2 is 2.45 bits per heavy atom. The van der Waals surface area contributed by atoms with E-state index in [4.69, 9.17) is 9.68 Å². The van der Waals surface area contributed by atoms with E-state index in [1.54, 1.807) is 6.92 Å². The molecule has 2 rings (SSSR count). The molecule has 2 aromatic rings. The molecule has 5 nitrogen and oxygen atoms in total. The minimum atomic E-state index is -0.452. The molecule has 1 amide bonds. The lowest BCUT2D eigenvalue weighted by molar-refractivity contribution is -0.120. The second kappa shape index (κ2) is 6.35. The predicted molar refractivity (Wildman–Crippen MR) is 76.1 cm³/mol. The van der Waals surface area contributed by atoms with Crippen LogP contribution < -0.4 is 5.32 Å². The van der Waals surface area contributed by atoms with Crippen molar-refractivity contribution in [1.82, 2.24) is 10.3 Å². The van der Waals surface area contributed by atoms with Gasteiger partial charge in [-0.2, -0.15) is 5.26 Å². The average Bonchev–Trinajstić information content (AvgIpc) is 3.06. The van der Waals surface area contributed by atoms with Crippen molar-refractivity contribution in [2.24, 2.45) is 0 Å². The Hall–Kier alpha value is -2.13. The van der Waals surface area contributed by atoms with Gasteiger partial charge in [0.05, 0.1) is 23.1 Å². The van der Waals surface area contributed by atoms with Gasteiger partial charge < -0.3 is 9.73 Å². The van der Waals surface area contributed by atoms with E-state index >= 15 is 0 Å². The molecule has 0 aliphatic carbocycles. The van der Waals surface area contributed by atoms with Gasteiger partial charge in [0, 0.05) is 0 Å². The first-order chi connectivity index (χ1) is 9.63. The van der Waals surface area contributed by atoms with Gasteiger partial charge in [0.25, 0.3) is 0 Å². The van der Waals surface area contributed by atoms with Gasteiger partial charge in [-0.1, -0.05) is 13.0 Å². The summed E-state index contributed by atoms with van der Waals surface area (Å²) in [6.07, 6.45) is 0.708. The van der Waals surface area contributed by atoms with Crippen molar-refractivity contribution in [3.05, 3.63) is 29.0 Å². The molecule has 20 heavy (non-hydrogen) atoms. The number of oxazole rings is 1. The number of thiophene rings is 1. The van der Waals surface area contributed by atoms with Crippen LogP contribution in [0.25, 0.3) is 10.8 Å². The lowest BCUT2D eigenvalue weighted by Gasteiger charge is -2.07. The van der Waals surface area contributed by atoms with Crippen LogP contribution in [-0.4, -0.2) is 16.9 Å². The third-order valence-corrected chi connectivity index (χ3v) is 3.71. The number of amides is 1. The maximum atomic E-state index is 11.8. The number of rotatable bonds is 5. The smallest absolute Gasteiger partial charge is 0.236 e. The third-order valence-electron chi connectivity index (χ3n) is 2.85. The van der Waals surface area contributed by atoms with Crippen LogP contribution >= 0.6 is 11.3 Å². The van der Waals surface area contributed by atoms with Gasteiger partial charge in [-0.3, -0.25) is 4.79 Å². The predicted octanol–water partition coefficient (Wildman–Crippen LogP) is 2.67. The van der Waals surface area contributed by atoms with E-state index in [2.05, 4.69) is 10.3 Å². The zero-order chi connectivity index (χ0) is 14.5. The summed E-state index contributed by atoms with van der Waals surface area (Å²) >= 11 is 1.53. The minimum Gasteiger partial charge on any atom is -0.440 e. The van der Waals surface area contributed by atoms with Crippen molar-refractivity contribution in [3.63, 3.8) is 0 Å². The molecule has 0 fully saturated rings. The van der Waals surface area contributed by atoms with E-state index in [0.29, 0.717) is 23.8 Å². The van der Waals surface area contributed by atoms with Gasteiger partial charge in [-0.15, -0.1) is 11.3 Å². The van der Waals surface area contributed by atoms with Crippen molar-refractivity contribution in [3.8, 4) is 16.8 Å². The first-order valence-corrected chi connectivity index (χ1v) is 7.21. The summed E-state index contributed by atoms with van der Waals surface area (Å²) in [6, 6.07) is 5.42. The summed E-state index contributed by atoms with van der Waals surface area (Å²) in [5.41, 5.74) is 0.610. The number of nitrogens with zero attached hydrogens (tertiary/aromatic N) is 2. The van der Waals surface area contributed by atoms with E-state index in [-0.39, 0.29) is 12.3 Å². The summed E-state index contributed by atoms with van der Waals surface area (Å²) < 4.78 is 5.57. The summed E-state index contributed by atoms with van der Waals surface area (Å²) in [5, 5.41) is 13.4. The summed E-state index contributed by atoms with van der Waals surface area (Å²) in [4.78, 5) is 17.1. The van der Waals surface area contributed by atoms with E-state index < -0.39 is 6.04 Å². The highest BCUT2D eigenvalue weighted by Gasteiger charge is 2.16. The molecule has 0 aromatic carbocycles. The average molecular weight is 289 g/mol. The lowest BCUT2D eigenvalue weighted by atomic mass is 10.2. The SMILES string of the molecule is CC[C@@H](C#N)NC(=O)Cc1nc(-c2cccs2)oc1C. The van der Waals surface area contributed by atoms with E-state index in [0.717, 1.165) is 4.88 Å². The Bertz CT molecular complexity index is 625. The van der Waals surface area contributed by atoms with Crippen LogP contribution in [0, 0.1) is 18.3 Å². The van der Waals surface area contributed by atoms with Gasteiger partial charge in [-0.25, -0.2) is 4.98 Å². The highest BCUT2D eigenvalue weighted by Crippen LogP contribution is 2.25. The topological polar surface area (TPSA) is 78.9 Å². The Labute approximate surface area is 121 Å². The standard InChI is InChI=1S/C14H15N3O2S/c1-3-10(8-15)16-13(18)7-11-9(2)19-14(17-11)12-5-4-6-20-12/h4-6,10H,3,7H2,1-2H3,(H,16,18)/t10-/m0/s1. The molecule has 1 N–H and O–H groups in total. The maximum Gasteiger partial charge on any atom is 0.236 e. The van der Waals surface area contributed by atoms with Gasteiger partial charge in [-0.05, 0) is 24.8 Å². The largest absolute Gasteiger partial charge is 0.440 e. The number of aromatic nitrogens is 1. The Morgan fingerprint density at radius 1 is 1.65 bits per heavy atom. The highest BCUT2D eigenvalue weighted by molar-refractivity contribution is 7.13. The molecular weight excluding hydrogens is 274 g/mol. The van der Waals surface area contributed by atoms with E-state index in [9.17, 15) is 4.79 Å². The number of nitrogens with one attached hydrogen (secondary N) is 1. The number of nitriles is 1. The molecule has 0 aliphatic heterocycles. The zero-order valence-corrected chi connectivity index (χ0v) is 12.2. The van der Waals surface area contributed by atoms with Gasteiger partial charge in [0.1, 0.15) is 11.8 Å². The summed E-state index contributed by atoms with van der Waals surface area (Å²) in [5.74, 6) is 0.953. The number of carbonyl (C=O) groups is 1. The summed E-state index contributed by atoms with van der Waals surface area (Å²) in [7, 11) is 0. The number of hydrogen-bond acceptors (Lipinski definition) is 5. The zero-order valence-electron chi connectivity index (χ0n) is 11.3. The highest BCUT2D eigenvalue weighted by atomic mass is 32.1. The van der Waals surface area contributed by atoms with Crippen LogP contribution in [-0.2, 0) is 11.2 Å². The number of hydrogen-bond donors (Lipinski definition) is 1. The van der Waals surface area contributed by atoms with Crippen molar-refractivity contribution in [1.29, 1.82) is 5.26 Å². The summed E-state index contributed by atoms with van der Waals surface area (Å²) in [6.45, 7) is 3.64. The first kappa shape index (κ1) is 14.3. The van der Waals surface area contributed by atoms with Crippen LogP contribution in [0.15, 0.2) is 21.9 Å². The molecule has 1 atom stereocenters. The van der Waals surface area contributed by atoms with Crippen molar-refractivity contribution >= 4 is 17.2 Å². The second-order valence-electron chi connectivity index (χ2n) is 4.33. The monoisotopic (exact) mass is 289 g/mol. The molecule has 0 spiro atoms. The minimum absolute atomic E-state index is 0.124. The Morgan fingerprint density at radius 3 is 3.05 bits per heavy atom. The second-order valence-corrected chi connectivity index (χ2v) is 5.28. The molecule has 2 heterocycles. The fourth-order valence-electron chi connectivity index (χ4n) is 1.72. The normalized spacial score (nSPS) is 11.8. The molecule has 0 aliphatic rings. The van der Waals surface area contributed by atoms with Crippen LogP contribution in [0.4, 0.5) is 0 Å². The fraction of sp³-hybridized carbons (Fsp3) is 0.357. The molecule has 0 unspecified atom stereocenters. The number of aryl methyl sites for hydroxylation is 1. The van der Waals surface area contributed by atoms with Crippen LogP contribution in [0.1, 0.15) is 24.8 Å². The molecule has 0 radical (unpaired) electrons. The Kier molecular flexibility index (Phi) is 4.53. The maximum absolute atomic E-state index is 11.8. The van der Waals surface area contributed by atoms with Crippen molar-refractivity contribution in [2.45, 2.75) is 32.7 Å². The molecule has 0 saturated heterocycles. The first-order valence-electron chi connectivity index (χ1n) is 6.33. The fourth-order valence-corrected chi connectivity index (χ4v) is 2.37.